The molecule has 1 amide bonds. The molecule has 0 saturated heterocycles. The molecule has 25 heavy (non-hydrogen) atoms. The molecule has 0 saturated carbocycles. The summed E-state index contributed by atoms with van der Waals surface area (Å²) < 4.78 is 3.85. The number of nitrogens with one attached hydrogen (secondary N) is 1. The van der Waals surface area contributed by atoms with Crippen molar-refractivity contribution in [2.45, 2.75) is 50.9 Å². The molecule has 0 unspecified atom stereocenters. The van der Waals surface area contributed by atoms with Crippen LogP contribution in [0, 0.1) is 12.3 Å². The zero-order valence-corrected chi connectivity index (χ0v) is 14.0. The van der Waals surface area contributed by atoms with Gasteiger partial charge in [-0.2, -0.15) is 15.3 Å². The van der Waals surface area contributed by atoms with E-state index in [-0.39, 0.29) is 5.91 Å². The van der Waals surface area contributed by atoms with E-state index in [4.69, 9.17) is 6.42 Å². The molecule has 3 rings (SSSR count). The van der Waals surface area contributed by atoms with Crippen LogP contribution in [0.3, 0.4) is 0 Å². The van der Waals surface area contributed by atoms with Crippen molar-refractivity contribution in [2.75, 3.05) is 5.32 Å². The van der Waals surface area contributed by atoms with Gasteiger partial charge in [0.05, 0.1) is 6.33 Å². The first kappa shape index (κ1) is 16.9. The van der Waals surface area contributed by atoms with Crippen molar-refractivity contribution in [2.24, 2.45) is 10.2 Å². The summed E-state index contributed by atoms with van der Waals surface area (Å²) >= 11 is 0. The number of amides is 1. The number of hydrogen-bond acceptors (Lipinski definition) is 5. The molecule has 8 heteroatoms. The van der Waals surface area contributed by atoms with Gasteiger partial charge in [0, 0.05) is 63.4 Å². The van der Waals surface area contributed by atoms with E-state index in [9.17, 15) is 4.79 Å². The van der Waals surface area contributed by atoms with E-state index in [1.165, 1.54) is 0 Å². The molecule has 130 valence electrons. The first-order chi connectivity index (χ1) is 12.2. The number of rotatable bonds is 10. The smallest absolute Gasteiger partial charge is 0.225 e. The molecule has 1 aliphatic rings. The first-order valence-corrected chi connectivity index (χ1v) is 8.36. The summed E-state index contributed by atoms with van der Waals surface area (Å²) in [7, 11) is 0. The Morgan fingerprint density at radius 3 is 2.88 bits per heavy atom. The second kappa shape index (κ2) is 7.75. The van der Waals surface area contributed by atoms with Gasteiger partial charge >= 0.3 is 0 Å². The fourth-order valence-corrected chi connectivity index (χ4v) is 2.57. The lowest BCUT2D eigenvalue weighted by Crippen LogP contribution is -2.18. The van der Waals surface area contributed by atoms with Crippen molar-refractivity contribution >= 4 is 11.7 Å². The van der Waals surface area contributed by atoms with Gasteiger partial charge in [-0.05, 0) is 6.42 Å². The number of terminal acetylenes is 1. The second-order valence-corrected chi connectivity index (χ2v) is 6.05. The highest BCUT2D eigenvalue weighted by Crippen LogP contribution is 2.37. The maximum absolute atomic E-state index is 12.0. The van der Waals surface area contributed by atoms with E-state index in [0.717, 1.165) is 19.5 Å². The Morgan fingerprint density at radius 2 is 2.16 bits per heavy atom. The van der Waals surface area contributed by atoms with Crippen LogP contribution < -0.4 is 5.32 Å². The van der Waals surface area contributed by atoms with E-state index < -0.39 is 5.66 Å². The highest BCUT2D eigenvalue weighted by atomic mass is 16.1. The normalized spacial score (nSPS) is 14.2. The number of nitrogens with zero attached hydrogens (tertiary/aromatic N) is 6. The monoisotopic (exact) mass is 339 g/mol. The number of hydrogen-bond donors (Lipinski definition) is 1. The third-order valence-corrected chi connectivity index (χ3v) is 4.08. The highest BCUT2D eigenvalue weighted by Gasteiger charge is 2.39. The van der Waals surface area contributed by atoms with Crippen LogP contribution in [-0.2, 0) is 17.9 Å². The van der Waals surface area contributed by atoms with Crippen LogP contribution in [-0.4, -0.2) is 30.9 Å². The Bertz CT molecular complexity index is 763. The number of aryl methyl sites for hydroxylation is 2. The summed E-state index contributed by atoms with van der Waals surface area (Å²) in [5.41, 5.74) is -0.420. The van der Waals surface area contributed by atoms with Crippen LogP contribution in [0.2, 0.25) is 0 Å². The fraction of sp³-hybridized carbons (Fsp3) is 0.471. The molecule has 0 fully saturated rings. The lowest BCUT2D eigenvalue weighted by atomic mass is 10.0. The van der Waals surface area contributed by atoms with Crippen LogP contribution >= 0.6 is 0 Å². The van der Waals surface area contributed by atoms with Gasteiger partial charge in [-0.15, -0.1) is 12.3 Å². The van der Waals surface area contributed by atoms with Crippen molar-refractivity contribution in [1.29, 1.82) is 0 Å². The van der Waals surface area contributed by atoms with Gasteiger partial charge in [0.2, 0.25) is 5.91 Å². The van der Waals surface area contributed by atoms with Gasteiger partial charge in [0.25, 0.3) is 0 Å². The van der Waals surface area contributed by atoms with Gasteiger partial charge in [-0.25, -0.2) is 4.98 Å². The highest BCUT2D eigenvalue weighted by molar-refractivity contribution is 5.89. The zero-order valence-electron chi connectivity index (χ0n) is 14.0. The Hall–Kier alpha value is -2.95. The standard InChI is InChI=1S/C17H21N7O/c1-2-3-7-17(21-22-17)8-5-16(25)19-15-6-12-24(20-15)11-4-10-23-13-9-18-14-23/h1,6,9,12-14H,3-5,7-8,10-11H2,(H,19,20,25). The van der Waals surface area contributed by atoms with Gasteiger partial charge in [0.15, 0.2) is 11.5 Å². The SMILES string of the molecule is C#CCCC1(CCC(=O)Nc2ccn(CCCn3ccnc3)n2)N=N1. The number of aromatic nitrogens is 4. The van der Waals surface area contributed by atoms with Crippen LogP contribution in [0.5, 0.6) is 0 Å². The molecule has 2 aromatic heterocycles. The molecular weight excluding hydrogens is 318 g/mol. The summed E-state index contributed by atoms with van der Waals surface area (Å²) in [6.45, 7) is 1.66. The van der Waals surface area contributed by atoms with Gasteiger partial charge < -0.3 is 9.88 Å². The fourth-order valence-electron chi connectivity index (χ4n) is 2.57. The largest absolute Gasteiger partial charge is 0.337 e. The summed E-state index contributed by atoms with van der Waals surface area (Å²) in [5.74, 6) is 3.06. The van der Waals surface area contributed by atoms with Crippen LogP contribution in [0.25, 0.3) is 0 Å². The van der Waals surface area contributed by atoms with Crippen LogP contribution in [0.1, 0.15) is 32.1 Å². The average Bonchev–Trinajstić information content (AvgIpc) is 2.98. The van der Waals surface area contributed by atoms with E-state index >= 15 is 0 Å². The molecule has 2 aromatic rings. The van der Waals surface area contributed by atoms with Gasteiger partial charge in [0.1, 0.15) is 0 Å². The van der Waals surface area contributed by atoms with Crippen molar-refractivity contribution < 1.29 is 4.79 Å². The van der Waals surface area contributed by atoms with Crippen molar-refractivity contribution in [3.63, 3.8) is 0 Å². The Labute approximate surface area is 146 Å². The van der Waals surface area contributed by atoms with Crippen molar-refractivity contribution in [3.05, 3.63) is 31.0 Å². The van der Waals surface area contributed by atoms with Crippen LogP contribution in [0.15, 0.2) is 41.2 Å². The zero-order chi connectivity index (χ0) is 17.5. The quantitative estimate of drug-likeness (QED) is 0.674. The Balaban J connectivity index is 1.37. The molecule has 1 N–H and O–H groups in total. The minimum atomic E-state index is -0.420. The maximum Gasteiger partial charge on any atom is 0.225 e. The molecular formula is C17H21N7O. The lowest BCUT2D eigenvalue weighted by Gasteiger charge is -2.08. The predicted molar refractivity (Wildman–Crippen MR) is 92.6 cm³/mol. The second-order valence-electron chi connectivity index (χ2n) is 6.05. The number of imidazole rings is 1. The summed E-state index contributed by atoms with van der Waals surface area (Å²) in [5, 5.41) is 15.2. The maximum atomic E-state index is 12.0. The van der Waals surface area contributed by atoms with Gasteiger partial charge in [-0.3, -0.25) is 9.48 Å². The minimum Gasteiger partial charge on any atom is -0.337 e. The molecule has 0 aliphatic carbocycles. The Kier molecular flexibility index (Phi) is 5.23. The van der Waals surface area contributed by atoms with E-state index in [1.54, 1.807) is 18.6 Å². The Morgan fingerprint density at radius 1 is 1.28 bits per heavy atom. The number of carbonyl (C=O) groups is 1. The molecule has 1 aliphatic heterocycles. The van der Waals surface area contributed by atoms with Crippen molar-refractivity contribution in [1.82, 2.24) is 19.3 Å². The molecule has 0 atom stereocenters. The third kappa shape index (κ3) is 5.01. The molecule has 8 nitrogen and oxygen atoms in total. The van der Waals surface area contributed by atoms with E-state index in [2.05, 4.69) is 31.5 Å². The summed E-state index contributed by atoms with van der Waals surface area (Å²) in [6, 6.07) is 1.80. The average molecular weight is 339 g/mol. The number of carbonyl (C=O) groups excluding carboxylic acids is 1. The molecule has 0 aromatic carbocycles. The molecule has 0 bridgehead atoms. The van der Waals surface area contributed by atoms with Crippen LogP contribution in [0.4, 0.5) is 5.82 Å². The van der Waals surface area contributed by atoms with Gasteiger partial charge in [-0.1, -0.05) is 0 Å². The van der Waals surface area contributed by atoms with Crippen molar-refractivity contribution in [3.8, 4) is 12.3 Å². The minimum absolute atomic E-state index is 0.0824. The lowest BCUT2D eigenvalue weighted by molar-refractivity contribution is -0.116. The predicted octanol–water partition coefficient (Wildman–Crippen LogP) is 2.46. The summed E-state index contributed by atoms with van der Waals surface area (Å²) in [4.78, 5) is 16.1. The third-order valence-electron chi connectivity index (χ3n) is 4.08. The number of anilines is 1. The molecule has 0 radical (unpaired) electrons. The molecule has 0 spiro atoms. The topological polar surface area (TPSA) is 89.5 Å². The van der Waals surface area contributed by atoms with E-state index in [1.807, 2.05) is 21.6 Å². The first-order valence-electron chi connectivity index (χ1n) is 8.36. The summed E-state index contributed by atoms with van der Waals surface area (Å²) in [6.07, 6.45) is 15.8. The molecule has 3 heterocycles. The van der Waals surface area contributed by atoms with E-state index in [0.29, 0.717) is 31.5 Å².